The number of benzene rings is 1. The van der Waals surface area contributed by atoms with Gasteiger partial charge in [-0.15, -0.1) is 10.2 Å². The van der Waals surface area contributed by atoms with Crippen molar-refractivity contribution in [3.05, 3.63) is 90.9 Å². The second-order valence-corrected chi connectivity index (χ2v) is 10.5. The molecule has 0 unspecified atom stereocenters. The van der Waals surface area contributed by atoms with Crippen molar-refractivity contribution in [2.24, 2.45) is 7.05 Å². The lowest BCUT2D eigenvalue weighted by molar-refractivity contribution is 0.240. The standard InChI is InChI=1S/C31H30N12O/c1-42-19-24(18-37-42)27-11-12-28(41-40-27)43(31(44)36-14-21-5-3-2-4-6-21)26-9-7-25(8-10-26)38-30-35-17-22(13-32)29(39-30)23-15-33-20-34-16-23/h2-6,11-12,15-20,25-26H,7-10,14H2,1H3,(H,36,44)(H,35,38,39). The van der Waals surface area contributed by atoms with Crippen molar-refractivity contribution in [3.63, 3.8) is 0 Å². The van der Waals surface area contributed by atoms with Gasteiger partial charge in [0.1, 0.15) is 12.4 Å². The van der Waals surface area contributed by atoms with E-state index in [1.807, 2.05) is 55.7 Å². The molecule has 44 heavy (non-hydrogen) atoms. The second-order valence-electron chi connectivity index (χ2n) is 10.5. The third-order valence-electron chi connectivity index (χ3n) is 7.54. The molecule has 0 aliphatic heterocycles. The first-order valence-electron chi connectivity index (χ1n) is 14.3. The van der Waals surface area contributed by atoms with Crippen LogP contribution in [0.25, 0.3) is 22.5 Å². The summed E-state index contributed by atoms with van der Waals surface area (Å²) in [6.07, 6.45) is 12.8. The first-order chi connectivity index (χ1) is 21.6. The second kappa shape index (κ2) is 13.0. The highest BCUT2D eigenvalue weighted by molar-refractivity contribution is 5.91. The number of hydrogen-bond acceptors (Lipinski definition) is 10. The first kappa shape index (κ1) is 28.4. The molecule has 6 rings (SSSR count). The summed E-state index contributed by atoms with van der Waals surface area (Å²) in [6.45, 7) is 0.402. The number of nitriles is 1. The van der Waals surface area contributed by atoms with E-state index in [9.17, 15) is 10.1 Å². The van der Waals surface area contributed by atoms with Crippen molar-refractivity contribution in [3.8, 4) is 28.6 Å². The van der Waals surface area contributed by atoms with Crippen LogP contribution in [0.15, 0.2) is 79.8 Å². The Balaban J connectivity index is 1.17. The molecule has 1 fully saturated rings. The molecule has 0 radical (unpaired) electrons. The third kappa shape index (κ3) is 6.49. The minimum Gasteiger partial charge on any atom is -0.351 e. The zero-order valence-electron chi connectivity index (χ0n) is 24.1. The summed E-state index contributed by atoms with van der Waals surface area (Å²) >= 11 is 0. The van der Waals surface area contributed by atoms with Gasteiger partial charge in [-0.1, -0.05) is 30.3 Å². The van der Waals surface area contributed by atoms with Crippen LogP contribution in [0.4, 0.5) is 16.6 Å². The molecule has 5 aromatic rings. The molecule has 220 valence electrons. The van der Waals surface area contributed by atoms with Gasteiger partial charge in [-0.25, -0.2) is 24.7 Å². The van der Waals surface area contributed by atoms with Crippen LogP contribution in [0, 0.1) is 11.3 Å². The maximum atomic E-state index is 13.6. The maximum absolute atomic E-state index is 13.6. The van der Waals surface area contributed by atoms with Crippen LogP contribution in [0.5, 0.6) is 0 Å². The predicted octanol–water partition coefficient (Wildman–Crippen LogP) is 4.14. The van der Waals surface area contributed by atoms with Crippen LogP contribution in [-0.4, -0.2) is 58.0 Å². The van der Waals surface area contributed by atoms with Crippen molar-refractivity contribution < 1.29 is 4.79 Å². The first-order valence-corrected chi connectivity index (χ1v) is 14.3. The molecule has 2 amide bonds. The number of nitrogens with zero attached hydrogens (tertiary/aromatic N) is 10. The molecule has 13 heteroatoms. The van der Waals surface area contributed by atoms with Gasteiger partial charge in [0.15, 0.2) is 5.82 Å². The third-order valence-corrected chi connectivity index (χ3v) is 7.54. The number of hydrogen-bond donors (Lipinski definition) is 2. The van der Waals surface area contributed by atoms with Crippen molar-refractivity contribution in [1.29, 1.82) is 5.26 Å². The van der Waals surface area contributed by atoms with E-state index in [-0.39, 0.29) is 18.1 Å². The minimum absolute atomic E-state index is 0.0822. The Hall–Kier alpha value is -5.77. The highest BCUT2D eigenvalue weighted by Gasteiger charge is 2.31. The fraction of sp³-hybridized carbons (Fsp3) is 0.258. The molecule has 0 saturated heterocycles. The molecule has 2 N–H and O–H groups in total. The van der Waals surface area contributed by atoms with E-state index in [1.54, 1.807) is 28.2 Å². The summed E-state index contributed by atoms with van der Waals surface area (Å²) in [7, 11) is 1.85. The molecule has 4 aromatic heterocycles. The number of aromatic nitrogens is 8. The normalized spacial score (nSPS) is 16.1. The molecule has 1 aromatic carbocycles. The maximum Gasteiger partial charge on any atom is 0.323 e. The number of aryl methyl sites for hydroxylation is 1. The quantitative estimate of drug-likeness (QED) is 0.270. The van der Waals surface area contributed by atoms with Crippen LogP contribution in [0.1, 0.15) is 36.8 Å². The highest BCUT2D eigenvalue weighted by Crippen LogP contribution is 2.29. The highest BCUT2D eigenvalue weighted by atomic mass is 16.2. The fourth-order valence-electron chi connectivity index (χ4n) is 5.31. The van der Waals surface area contributed by atoms with E-state index in [2.05, 4.69) is 51.9 Å². The Kier molecular flexibility index (Phi) is 8.40. The Morgan fingerprint density at radius 3 is 2.48 bits per heavy atom. The molecule has 1 aliphatic rings. The van der Waals surface area contributed by atoms with Gasteiger partial charge < -0.3 is 10.6 Å². The van der Waals surface area contributed by atoms with E-state index >= 15 is 0 Å². The van der Waals surface area contributed by atoms with E-state index in [1.165, 1.54) is 12.5 Å². The summed E-state index contributed by atoms with van der Waals surface area (Å²) in [5, 5.41) is 29.1. The van der Waals surface area contributed by atoms with E-state index in [0.29, 0.717) is 40.8 Å². The van der Waals surface area contributed by atoms with Crippen LogP contribution < -0.4 is 15.5 Å². The van der Waals surface area contributed by atoms with E-state index in [0.717, 1.165) is 36.8 Å². The molecule has 0 bridgehead atoms. The number of carbonyl (C=O) groups excluding carboxylic acids is 1. The number of nitrogens with one attached hydrogen (secondary N) is 2. The summed E-state index contributed by atoms with van der Waals surface area (Å²) in [6, 6.07) is 15.4. The number of urea groups is 1. The van der Waals surface area contributed by atoms with Crippen molar-refractivity contribution in [1.82, 2.24) is 45.2 Å². The topological polar surface area (TPSA) is 163 Å². The van der Waals surface area contributed by atoms with Gasteiger partial charge in [-0.2, -0.15) is 10.4 Å². The van der Waals surface area contributed by atoms with Gasteiger partial charge in [-0.05, 0) is 43.4 Å². The number of rotatable bonds is 8. The average Bonchev–Trinajstić information content (AvgIpc) is 3.52. The van der Waals surface area contributed by atoms with Gasteiger partial charge in [-0.3, -0.25) is 9.58 Å². The predicted molar refractivity (Wildman–Crippen MR) is 163 cm³/mol. The lowest BCUT2D eigenvalue weighted by atomic mass is 9.90. The van der Waals surface area contributed by atoms with E-state index < -0.39 is 0 Å². The van der Waals surface area contributed by atoms with Crippen LogP contribution >= 0.6 is 0 Å². The number of anilines is 2. The summed E-state index contributed by atoms with van der Waals surface area (Å²) in [5.41, 5.74) is 4.02. The van der Waals surface area contributed by atoms with Gasteiger partial charge in [0.05, 0.1) is 29.3 Å². The Morgan fingerprint density at radius 1 is 1.00 bits per heavy atom. The molecular weight excluding hydrogens is 556 g/mol. The monoisotopic (exact) mass is 586 g/mol. The average molecular weight is 587 g/mol. The Labute approximate surface area is 254 Å². The van der Waals surface area contributed by atoms with Crippen LogP contribution in [0.2, 0.25) is 0 Å². The fourth-order valence-corrected chi connectivity index (χ4v) is 5.31. The van der Waals surface area contributed by atoms with Gasteiger partial charge in [0.2, 0.25) is 5.95 Å². The van der Waals surface area contributed by atoms with E-state index in [4.69, 9.17) is 0 Å². The van der Waals surface area contributed by atoms with Crippen LogP contribution in [-0.2, 0) is 13.6 Å². The smallest absolute Gasteiger partial charge is 0.323 e. The zero-order chi connectivity index (χ0) is 30.3. The molecule has 1 aliphatic carbocycles. The minimum atomic E-state index is -0.223. The molecule has 4 heterocycles. The van der Waals surface area contributed by atoms with Gasteiger partial charge in [0.25, 0.3) is 0 Å². The molecule has 0 atom stereocenters. The lowest BCUT2D eigenvalue weighted by Gasteiger charge is -2.36. The van der Waals surface area contributed by atoms with Crippen molar-refractivity contribution >= 4 is 17.8 Å². The lowest BCUT2D eigenvalue weighted by Crippen LogP contribution is -2.49. The summed E-state index contributed by atoms with van der Waals surface area (Å²) in [5.74, 6) is 0.922. The molecule has 1 saturated carbocycles. The number of carbonyl (C=O) groups is 1. The summed E-state index contributed by atoms with van der Waals surface area (Å²) in [4.78, 5) is 32.4. The number of amides is 2. The molecule has 13 nitrogen and oxygen atoms in total. The van der Waals surface area contributed by atoms with Crippen molar-refractivity contribution in [2.45, 2.75) is 44.3 Å². The SMILES string of the molecule is Cn1cc(-c2ccc(N(C(=O)NCc3ccccc3)C3CCC(Nc4ncc(C#N)c(-c5cncnc5)n4)CC3)nn2)cn1. The van der Waals surface area contributed by atoms with Crippen molar-refractivity contribution in [2.75, 3.05) is 10.2 Å². The Bertz CT molecular complexity index is 1740. The van der Waals surface area contributed by atoms with Gasteiger partial charge in [0, 0.05) is 55.4 Å². The Morgan fingerprint density at radius 2 is 1.80 bits per heavy atom. The largest absolute Gasteiger partial charge is 0.351 e. The van der Waals surface area contributed by atoms with Crippen LogP contribution in [0.3, 0.4) is 0 Å². The molecular formula is C31H30N12O. The molecule has 0 spiro atoms. The zero-order valence-corrected chi connectivity index (χ0v) is 24.1. The summed E-state index contributed by atoms with van der Waals surface area (Å²) < 4.78 is 1.71. The van der Waals surface area contributed by atoms with Gasteiger partial charge >= 0.3 is 6.03 Å².